The summed E-state index contributed by atoms with van der Waals surface area (Å²) in [4.78, 5) is 19.7. The molecule has 0 fully saturated rings. The fourth-order valence-electron chi connectivity index (χ4n) is 2.67. The van der Waals surface area contributed by atoms with Crippen LogP contribution in [0.3, 0.4) is 0 Å². The Bertz CT molecular complexity index is 1090. The van der Waals surface area contributed by atoms with Crippen LogP contribution in [0.25, 0.3) is 28.2 Å². The maximum absolute atomic E-state index is 13.5. The smallest absolute Gasteiger partial charge is 0.335 e. The average Bonchev–Trinajstić information content (AvgIpc) is 3.05. The number of carboxylic acids is 1. The predicted octanol–water partition coefficient (Wildman–Crippen LogP) is 3.90. The van der Waals surface area contributed by atoms with Gasteiger partial charge in [0, 0.05) is 17.3 Å². The van der Waals surface area contributed by atoms with E-state index in [4.69, 9.17) is 5.11 Å². The molecule has 0 aliphatic rings. The first-order valence-electron chi connectivity index (χ1n) is 7.54. The van der Waals surface area contributed by atoms with Gasteiger partial charge < -0.3 is 5.11 Å². The van der Waals surface area contributed by atoms with Gasteiger partial charge in [-0.05, 0) is 24.3 Å². The number of halogens is 1. The molecule has 2 aromatic carbocycles. The number of hydrogen-bond acceptors (Lipinski definition) is 3. The van der Waals surface area contributed by atoms with E-state index in [0.29, 0.717) is 17.1 Å². The Hall–Kier alpha value is -3.54. The lowest BCUT2D eigenvalue weighted by atomic mass is 10.1. The Labute approximate surface area is 142 Å². The molecule has 0 amide bonds. The molecule has 0 radical (unpaired) electrons. The van der Waals surface area contributed by atoms with Crippen LogP contribution in [-0.2, 0) is 0 Å². The number of carbonyl (C=O) groups is 1. The summed E-state index contributed by atoms with van der Waals surface area (Å²) >= 11 is 0. The largest absolute Gasteiger partial charge is 0.478 e. The van der Waals surface area contributed by atoms with E-state index in [1.807, 2.05) is 4.40 Å². The van der Waals surface area contributed by atoms with E-state index >= 15 is 0 Å². The maximum Gasteiger partial charge on any atom is 0.335 e. The second-order valence-corrected chi connectivity index (χ2v) is 5.54. The highest BCUT2D eigenvalue weighted by Crippen LogP contribution is 2.23. The van der Waals surface area contributed by atoms with Crippen molar-refractivity contribution in [1.29, 1.82) is 0 Å². The first-order valence-corrected chi connectivity index (χ1v) is 7.54. The van der Waals surface area contributed by atoms with Crippen LogP contribution in [-0.4, -0.2) is 25.4 Å². The topological polar surface area (TPSA) is 67.5 Å². The van der Waals surface area contributed by atoms with Crippen LogP contribution >= 0.6 is 0 Å². The van der Waals surface area contributed by atoms with E-state index in [9.17, 15) is 9.18 Å². The van der Waals surface area contributed by atoms with Crippen molar-refractivity contribution in [2.75, 3.05) is 0 Å². The Morgan fingerprint density at radius 1 is 1.00 bits per heavy atom. The first-order chi connectivity index (χ1) is 12.1. The Morgan fingerprint density at radius 2 is 1.76 bits per heavy atom. The van der Waals surface area contributed by atoms with Gasteiger partial charge in [-0.2, -0.15) is 0 Å². The van der Waals surface area contributed by atoms with Crippen molar-refractivity contribution in [2.24, 2.45) is 0 Å². The van der Waals surface area contributed by atoms with Gasteiger partial charge >= 0.3 is 5.97 Å². The van der Waals surface area contributed by atoms with E-state index in [0.717, 1.165) is 11.1 Å². The lowest BCUT2D eigenvalue weighted by molar-refractivity contribution is 0.0697. The van der Waals surface area contributed by atoms with Crippen LogP contribution in [0, 0.1) is 5.82 Å². The molecule has 4 aromatic rings. The summed E-state index contributed by atoms with van der Waals surface area (Å²) in [5.74, 6) is -0.640. The summed E-state index contributed by atoms with van der Waals surface area (Å²) in [6.07, 6.45) is 5.14. The summed E-state index contributed by atoms with van der Waals surface area (Å²) in [6.45, 7) is 0. The third-order valence-corrected chi connectivity index (χ3v) is 3.92. The number of aromatic carboxylic acids is 1. The Morgan fingerprint density at radius 3 is 2.48 bits per heavy atom. The third kappa shape index (κ3) is 2.74. The summed E-state index contributed by atoms with van der Waals surface area (Å²) in [7, 11) is 0. The molecule has 0 atom stereocenters. The fraction of sp³-hybridized carbons (Fsp3) is 0. The molecule has 4 rings (SSSR count). The van der Waals surface area contributed by atoms with E-state index < -0.39 is 5.97 Å². The van der Waals surface area contributed by atoms with Crippen molar-refractivity contribution in [3.05, 3.63) is 78.5 Å². The number of imidazole rings is 1. The van der Waals surface area contributed by atoms with Crippen LogP contribution in [0.5, 0.6) is 0 Å². The standard InChI is InChI=1S/C19H12FN3O2/c20-15-3-1-2-14(8-15)17-11-23-16(9-21-17)10-22-18(23)12-4-6-13(7-5-12)19(24)25/h1-11H,(H,24,25). The number of carboxylic acid groups (broad SMARTS) is 1. The molecule has 0 aliphatic heterocycles. The molecule has 2 aromatic heterocycles. The second-order valence-electron chi connectivity index (χ2n) is 5.54. The maximum atomic E-state index is 13.5. The monoisotopic (exact) mass is 333 g/mol. The van der Waals surface area contributed by atoms with Crippen molar-refractivity contribution in [2.45, 2.75) is 0 Å². The van der Waals surface area contributed by atoms with Crippen LogP contribution in [0.4, 0.5) is 4.39 Å². The van der Waals surface area contributed by atoms with Crippen molar-refractivity contribution >= 4 is 11.5 Å². The van der Waals surface area contributed by atoms with Gasteiger partial charge in [0.1, 0.15) is 11.6 Å². The molecule has 0 spiro atoms. The Balaban J connectivity index is 1.82. The molecular formula is C19H12FN3O2. The van der Waals surface area contributed by atoms with Gasteiger partial charge in [-0.15, -0.1) is 0 Å². The lowest BCUT2D eigenvalue weighted by Gasteiger charge is -2.05. The van der Waals surface area contributed by atoms with Gasteiger partial charge in [-0.25, -0.2) is 14.2 Å². The minimum Gasteiger partial charge on any atom is -0.478 e. The van der Waals surface area contributed by atoms with E-state index in [2.05, 4.69) is 9.97 Å². The highest BCUT2D eigenvalue weighted by molar-refractivity contribution is 5.88. The zero-order chi connectivity index (χ0) is 17.4. The molecule has 122 valence electrons. The first kappa shape index (κ1) is 15.0. The van der Waals surface area contributed by atoms with Crippen LogP contribution in [0.2, 0.25) is 0 Å². The molecule has 5 nitrogen and oxygen atoms in total. The molecule has 0 saturated heterocycles. The fourth-order valence-corrected chi connectivity index (χ4v) is 2.67. The van der Waals surface area contributed by atoms with E-state index in [1.165, 1.54) is 24.3 Å². The summed E-state index contributed by atoms with van der Waals surface area (Å²) in [5, 5.41) is 9.00. The summed E-state index contributed by atoms with van der Waals surface area (Å²) < 4.78 is 15.3. The SMILES string of the molecule is O=C(O)c1ccc(-c2ncc3cnc(-c4cccc(F)c4)cn23)cc1. The molecule has 0 aliphatic carbocycles. The Kier molecular flexibility index (Phi) is 3.50. The predicted molar refractivity (Wildman–Crippen MR) is 90.8 cm³/mol. The van der Waals surface area contributed by atoms with Gasteiger partial charge in [0.15, 0.2) is 0 Å². The summed E-state index contributed by atoms with van der Waals surface area (Å²) in [5.41, 5.74) is 3.07. The highest BCUT2D eigenvalue weighted by Gasteiger charge is 2.10. The quantitative estimate of drug-likeness (QED) is 0.617. The number of aromatic nitrogens is 3. The minimum atomic E-state index is -0.975. The second kappa shape index (κ2) is 5.83. The minimum absolute atomic E-state index is 0.215. The van der Waals surface area contributed by atoms with Crippen LogP contribution in [0.15, 0.2) is 67.1 Å². The molecule has 0 unspecified atom stereocenters. The van der Waals surface area contributed by atoms with Crippen molar-refractivity contribution in [1.82, 2.24) is 14.4 Å². The number of fused-ring (bicyclic) bond motifs is 1. The number of hydrogen-bond donors (Lipinski definition) is 1. The van der Waals surface area contributed by atoms with Crippen LogP contribution in [0.1, 0.15) is 10.4 Å². The van der Waals surface area contributed by atoms with Gasteiger partial charge in [-0.3, -0.25) is 9.38 Å². The highest BCUT2D eigenvalue weighted by atomic mass is 19.1. The molecule has 2 heterocycles. The lowest BCUT2D eigenvalue weighted by Crippen LogP contribution is -1.96. The van der Waals surface area contributed by atoms with Crippen molar-refractivity contribution < 1.29 is 14.3 Å². The van der Waals surface area contributed by atoms with Gasteiger partial charge in [-0.1, -0.05) is 24.3 Å². The zero-order valence-corrected chi connectivity index (χ0v) is 12.9. The van der Waals surface area contributed by atoms with Crippen molar-refractivity contribution in [3.8, 4) is 22.6 Å². The van der Waals surface area contributed by atoms with Crippen molar-refractivity contribution in [3.63, 3.8) is 0 Å². The van der Waals surface area contributed by atoms with Crippen LogP contribution < -0.4 is 0 Å². The molecular weight excluding hydrogens is 321 g/mol. The van der Waals surface area contributed by atoms with E-state index in [-0.39, 0.29) is 11.4 Å². The average molecular weight is 333 g/mol. The van der Waals surface area contributed by atoms with Gasteiger partial charge in [0.05, 0.1) is 29.2 Å². The van der Waals surface area contributed by atoms with E-state index in [1.54, 1.807) is 42.9 Å². The number of nitrogens with zero attached hydrogens (tertiary/aromatic N) is 3. The molecule has 0 saturated carbocycles. The normalized spacial score (nSPS) is 10.9. The zero-order valence-electron chi connectivity index (χ0n) is 12.9. The summed E-state index contributed by atoms with van der Waals surface area (Å²) in [6, 6.07) is 12.7. The number of benzene rings is 2. The van der Waals surface area contributed by atoms with Gasteiger partial charge in [0.2, 0.25) is 0 Å². The molecule has 25 heavy (non-hydrogen) atoms. The van der Waals surface area contributed by atoms with Gasteiger partial charge in [0.25, 0.3) is 0 Å². The third-order valence-electron chi connectivity index (χ3n) is 3.92. The molecule has 1 N–H and O–H groups in total. The number of rotatable bonds is 3. The molecule has 0 bridgehead atoms. The molecule has 6 heteroatoms.